The molecule has 0 bridgehead atoms. The highest BCUT2D eigenvalue weighted by Gasteiger charge is 2.44. The van der Waals surface area contributed by atoms with Crippen molar-refractivity contribution in [1.29, 1.82) is 0 Å². The van der Waals surface area contributed by atoms with Crippen LogP contribution >= 0.6 is 15.9 Å². The summed E-state index contributed by atoms with van der Waals surface area (Å²) < 4.78 is 1.32. The normalized spacial score (nSPS) is 25.0. The number of nitrogens with one attached hydrogen (secondary N) is 3. The predicted octanol–water partition coefficient (Wildman–Crippen LogP) is 5.34. The molecule has 0 saturated carbocycles. The summed E-state index contributed by atoms with van der Waals surface area (Å²) in [6, 6.07) is 12.2. The van der Waals surface area contributed by atoms with Crippen LogP contribution in [-0.4, -0.2) is 101 Å². The molecule has 1 aromatic heterocycles. The SMILES string of the molecule is C[N+]1(C(=O)C(CC(=O)N2CCC(N3CCc4ccccc4NC3=O)CC2)Cc2cc(Br)c3[nH]ncc3c2)CCC(C2CCNCC2)CC1. The molecule has 0 aliphatic carbocycles. The minimum Gasteiger partial charge on any atom is -0.343 e. The third-order valence-electron chi connectivity index (χ3n) is 11.8. The molecule has 4 aliphatic heterocycles. The first-order chi connectivity index (χ1) is 23.3. The zero-order chi connectivity index (χ0) is 33.3. The van der Waals surface area contributed by atoms with Crippen LogP contribution in [0.1, 0.15) is 56.1 Å². The molecule has 3 aromatic rings. The molecular formula is C37H49BrN7O3+. The molecule has 4 amide bonds. The number of nitrogens with zero attached hydrogens (tertiary/aromatic N) is 4. The van der Waals surface area contributed by atoms with Crippen molar-refractivity contribution in [3.8, 4) is 0 Å². The van der Waals surface area contributed by atoms with Crippen molar-refractivity contribution in [2.75, 3.05) is 58.2 Å². The van der Waals surface area contributed by atoms with Gasteiger partial charge in [-0.1, -0.05) is 18.2 Å². The summed E-state index contributed by atoms with van der Waals surface area (Å²) in [7, 11) is 2.10. The van der Waals surface area contributed by atoms with Crippen LogP contribution in [0.5, 0.6) is 0 Å². The number of quaternary nitrogens is 1. The predicted molar refractivity (Wildman–Crippen MR) is 190 cm³/mol. The van der Waals surface area contributed by atoms with E-state index in [1.54, 1.807) is 6.20 Å². The number of fused-ring (bicyclic) bond motifs is 2. The molecule has 4 aliphatic rings. The molecule has 10 nitrogen and oxygen atoms in total. The van der Waals surface area contributed by atoms with Crippen molar-refractivity contribution < 1.29 is 18.9 Å². The Bertz CT molecular complexity index is 1640. The Balaban J connectivity index is 1.02. The minimum absolute atomic E-state index is 0.0409. The zero-order valence-corrected chi connectivity index (χ0v) is 29.6. The van der Waals surface area contributed by atoms with Crippen LogP contribution in [0.25, 0.3) is 10.9 Å². The summed E-state index contributed by atoms with van der Waals surface area (Å²) in [6.07, 6.45) is 9.43. The fraction of sp³-hybridized carbons (Fsp3) is 0.568. The van der Waals surface area contributed by atoms with Gasteiger partial charge in [-0.15, -0.1) is 0 Å². The lowest BCUT2D eigenvalue weighted by Crippen LogP contribution is -2.58. The van der Waals surface area contributed by atoms with Crippen molar-refractivity contribution in [1.82, 2.24) is 25.3 Å². The third kappa shape index (κ3) is 7.05. The molecular weight excluding hydrogens is 670 g/mol. The van der Waals surface area contributed by atoms with E-state index in [9.17, 15) is 14.4 Å². The molecule has 3 N–H and O–H groups in total. The number of benzene rings is 2. The van der Waals surface area contributed by atoms with Gasteiger partial charge in [0.2, 0.25) is 5.91 Å². The highest BCUT2D eigenvalue weighted by atomic mass is 79.9. The molecule has 2 aromatic carbocycles. The van der Waals surface area contributed by atoms with E-state index in [4.69, 9.17) is 0 Å². The van der Waals surface area contributed by atoms with Gasteiger partial charge in [0, 0.05) is 60.5 Å². The Morgan fingerprint density at radius 3 is 2.50 bits per heavy atom. The molecule has 1 unspecified atom stereocenters. The Morgan fingerprint density at radius 2 is 1.73 bits per heavy atom. The van der Waals surface area contributed by atoms with E-state index in [0.29, 0.717) is 36.5 Å². The molecule has 0 radical (unpaired) electrons. The maximum atomic E-state index is 14.6. The Hall–Kier alpha value is -3.28. The van der Waals surface area contributed by atoms with E-state index in [1.165, 1.54) is 12.8 Å². The standard InChI is InChI=1S/C37H48BrN7O3/c1-45(18-11-27(12-19-45)26-6-13-39-14-7-26)36(47)29(20-25-21-30-24-40-42-35(30)32(38)22-25)23-34(46)43-15-9-31(10-16-43)44-17-8-28-4-2-3-5-33(28)41-37(44)48/h2-5,21-22,24,26-27,29,31,39H,6-20,23H2,1H3,(H-,40,41,42,48)/p+1. The van der Waals surface area contributed by atoms with E-state index in [-0.39, 0.29) is 30.3 Å². The lowest BCUT2D eigenvalue weighted by molar-refractivity contribution is -0.843. The summed E-state index contributed by atoms with van der Waals surface area (Å²) in [5.74, 6) is 1.25. The van der Waals surface area contributed by atoms with Gasteiger partial charge in [-0.2, -0.15) is 5.10 Å². The number of piperidine rings is 3. The molecule has 256 valence electrons. The molecule has 7 rings (SSSR count). The first-order valence-corrected chi connectivity index (χ1v) is 18.7. The van der Waals surface area contributed by atoms with Crippen LogP contribution in [0.4, 0.5) is 10.5 Å². The number of aromatic amines is 1. The fourth-order valence-corrected chi connectivity index (χ4v) is 9.44. The van der Waals surface area contributed by atoms with E-state index in [0.717, 1.165) is 96.4 Å². The highest BCUT2D eigenvalue weighted by Crippen LogP contribution is 2.35. The minimum atomic E-state index is -0.415. The maximum absolute atomic E-state index is 14.6. The summed E-state index contributed by atoms with van der Waals surface area (Å²) >= 11 is 3.68. The van der Waals surface area contributed by atoms with E-state index in [1.807, 2.05) is 28.0 Å². The van der Waals surface area contributed by atoms with Crippen LogP contribution in [0.2, 0.25) is 0 Å². The third-order valence-corrected chi connectivity index (χ3v) is 12.4. The molecule has 3 fully saturated rings. The highest BCUT2D eigenvalue weighted by molar-refractivity contribution is 9.10. The van der Waals surface area contributed by atoms with Crippen LogP contribution in [0.15, 0.2) is 47.1 Å². The first-order valence-electron chi connectivity index (χ1n) is 17.9. The number of H-pyrrole nitrogens is 1. The average molecular weight is 720 g/mol. The van der Waals surface area contributed by atoms with E-state index >= 15 is 0 Å². The monoisotopic (exact) mass is 718 g/mol. The van der Waals surface area contributed by atoms with Crippen LogP contribution in [0, 0.1) is 17.8 Å². The van der Waals surface area contributed by atoms with Gasteiger partial charge in [0.05, 0.1) is 37.8 Å². The van der Waals surface area contributed by atoms with Gasteiger partial charge < -0.3 is 20.4 Å². The summed E-state index contributed by atoms with van der Waals surface area (Å²) in [5.41, 5.74) is 4.01. The summed E-state index contributed by atoms with van der Waals surface area (Å²) in [4.78, 5) is 45.6. The first kappa shape index (κ1) is 33.2. The number of para-hydroxylation sites is 1. The molecule has 0 spiro atoms. The Labute approximate surface area is 291 Å². The number of urea groups is 1. The van der Waals surface area contributed by atoms with Crippen molar-refractivity contribution >= 4 is 50.4 Å². The van der Waals surface area contributed by atoms with Gasteiger partial charge >= 0.3 is 11.9 Å². The van der Waals surface area contributed by atoms with Crippen LogP contribution in [0.3, 0.4) is 0 Å². The lowest BCUT2D eigenvalue weighted by Gasteiger charge is -2.43. The van der Waals surface area contributed by atoms with E-state index in [2.05, 4.69) is 62.0 Å². The van der Waals surface area contributed by atoms with Gasteiger partial charge in [0.25, 0.3) is 0 Å². The number of anilines is 1. The smallest absolute Gasteiger partial charge is 0.322 e. The molecule has 1 atom stereocenters. The van der Waals surface area contributed by atoms with Crippen molar-refractivity contribution in [2.24, 2.45) is 17.8 Å². The van der Waals surface area contributed by atoms with Gasteiger partial charge in [0.1, 0.15) is 0 Å². The summed E-state index contributed by atoms with van der Waals surface area (Å²) in [6.45, 7) is 5.75. The Morgan fingerprint density at radius 1 is 1.00 bits per heavy atom. The van der Waals surface area contributed by atoms with Crippen molar-refractivity contribution in [3.05, 3.63) is 58.2 Å². The maximum Gasteiger partial charge on any atom is 0.322 e. The molecule has 11 heteroatoms. The zero-order valence-electron chi connectivity index (χ0n) is 28.1. The number of carbonyl (C=O) groups is 3. The van der Waals surface area contributed by atoms with Gasteiger partial charge in [-0.05, 0) is 109 Å². The van der Waals surface area contributed by atoms with Gasteiger partial charge in [-0.25, -0.2) is 9.59 Å². The molecule has 48 heavy (non-hydrogen) atoms. The average Bonchev–Trinajstić information content (AvgIpc) is 3.52. The number of hydrogen-bond donors (Lipinski definition) is 3. The number of aromatic nitrogens is 2. The second-order valence-corrected chi connectivity index (χ2v) is 15.6. The number of carbonyl (C=O) groups excluding carboxylic acids is 3. The Kier molecular flexibility index (Phi) is 9.89. The number of halogens is 1. The second kappa shape index (κ2) is 14.3. The fourth-order valence-electron chi connectivity index (χ4n) is 8.83. The lowest BCUT2D eigenvalue weighted by atomic mass is 9.78. The van der Waals surface area contributed by atoms with Gasteiger partial charge in [0.15, 0.2) is 0 Å². The topological polar surface area (TPSA) is 110 Å². The van der Waals surface area contributed by atoms with Crippen LogP contribution in [-0.2, 0) is 22.4 Å². The summed E-state index contributed by atoms with van der Waals surface area (Å²) in [5, 5.41) is 14.8. The van der Waals surface area contributed by atoms with Crippen molar-refractivity contribution in [2.45, 2.75) is 63.8 Å². The van der Waals surface area contributed by atoms with Crippen molar-refractivity contribution in [3.63, 3.8) is 0 Å². The molecule has 3 saturated heterocycles. The number of amides is 4. The quantitative estimate of drug-likeness (QED) is 0.286. The van der Waals surface area contributed by atoms with Crippen LogP contribution < -0.4 is 10.6 Å². The largest absolute Gasteiger partial charge is 0.343 e. The number of hydrogen-bond acceptors (Lipinski definition) is 5. The molecule has 5 heterocycles. The second-order valence-electron chi connectivity index (χ2n) is 14.8. The number of likely N-dealkylation sites (tertiary alicyclic amines) is 2. The van der Waals surface area contributed by atoms with Gasteiger partial charge in [-0.3, -0.25) is 14.4 Å². The number of rotatable bonds is 7. The van der Waals surface area contributed by atoms with E-state index < -0.39 is 5.92 Å².